The smallest absolute Gasteiger partial charge is 0.0456 e. The third kappa shape index (κ3) is 2.28. The predicted octanol–water partition coefficient (Wildman–Crippen LogP) is 2.65. The lowest BCUT2D eigenvalue weighted by Crippen LogP contribution is -2.38. The van der Waals surface area contributed by atoms with Gasteiger partial charge in [-0.1, -0.05) is 18.2 Å². The van der Waals surface area contributed by atoms with Gasteiger partial charge >= 0.3 is 0 Å². The molecule has 3 rings (SSSR count). The van der Waals surface area contributed by atoms with Crippen LogP contribution >= 0.6 is 0 Å². The van der Waals surface area contributed by atoms with Gasteiger partial charge in [-0.05, 0) is 30.9 Å². The van der Waals surface area contributed by atoms with Crippen molar-refractivity contribution in [2.24, 2.45) is 0 Å². The van der Waals surface area contributed by atoms with Crippen molar-refractivity contribution in [1.29, 1.82) is 0 Å². The largest absolute Gasteiger partial charge is 0.361 e. The molecule has 0 saturated carbocycles. The van der Waals surface area contributed by atoms with Crippen molar-refractivity contribution in [3.05, 3.63) is 36.0 Å². The summed E-state index contributed by atoms with van der Waals surface area (Å²) in [5, 5.41) is 6.22. The lowest BCUT2D eigenvalue weighted by Gasteiger charge is -2.27. The molecule has 2 aromatic rings. The Balaban J connectivity index is 1.65. The molecule has 1 N–H and O–H groups in total. The van der Waals surface area contributed by atoms with Crippen LogP contribution in [-0.4, -0.2) is 41.7 Å². The number of H-pyrrole nitrogens is 1. The minimum Gasteiger partial charge on any atom is -0.361 e. The van der Waals surface area contributed by atoms with Crippen LogP contribution in [0.25, 0.3) is 10.9 Å². The van der Waals surface area contributed by atoms with Crippen molar-refractivity contribution in [2.45, 2.75) is 19.3 Å². The first-order valence-electron chi connectivity index (χ1n) is 6.85. The van der Waals surface area contributed by atoms with Crippen LogP contribution < -0.4 is 0 Å². The fraction of sp³-hybridized carbons (Fsp3) is 0.467. The van der Waals surface area contributed by atoms with Crippen LogP contribution in [0.15, 0.2) is 30.5 Å². The van der Waals surface area contributed by atoms with Crippen LogP contribution in [0.1, 0.15) is 18.4 Å². The van der Waals surface area contributed by atoms with E-state index in [-0.39, 0.29) is 0 Å². The molecular formula is C15H21N3. The number of hydrogen-bond donors (Lipinski definition) is 1. The van der Waals surface area contributed by atoms with E-state index in [0.717, 1.165) is 13.0 Å². The van der Waals surface area contributed by atoms with Gasteiger partial charge in [-0.3, -0.25) is 0 Å². The fourth-order valence-corrected chi connectivity index (χ4v) is 2.80. The summed E-state index contributed by atoms with van der Waals surface area (Å²) >= 11 is 0. The van der Waals surface area contributed by atoms with Crippen LogP contribution in [-0.2, 0) is 6.42 Å². The van der Waals surface area contributed by atoms with E-state index in [1.807, 2.05) is 0 Å². The van der Waals surface area contributed by atoms with Gasteiger partial charge in [0.1, 0.15) is 0 Å². The van der Waals surface area contributed by atoms with Crippen molar-refractivity contribution < 1.29 is 0 Å². The number of hydrogen-bond acceptors (Lipinski definition) is 2. The maximum absolute atomic E-state index is 3.35. The van der Waals surface area contributed by atoms with Gasteiger partial charge in [-0.15, -0.1) is 0 Å². The van der Waals surface area contributed by atoms with Crippen LogP contribution in [0.5, 0.6) is 0 Å². The van der Waals surface area contributed by atoms with Gasteiger partial charge in [0.25, 0.3) is 0 Å². The normalized spacial score (nSPS) is 17.0. The second kappa shape index (κ2) is 5.12. The third-order valence-corrected chi connectivity index (χ3v) is 3.94. The molecule has 96 valence electrons. The van der Waals surface area contributed by atoms with Gasteiger partial charge in [-0.2, -0.15) is 0 Å². The van der Waals surface area contributed by atoms with Gasteiger partial charge in [0, 0.05) is 43.8 Å². The standard InChI is InChI=1S/C15H21N3/c1-17(18-9-4-5-10-18)11-8-13-12-16-15-7-3-2-6-14(13)15/h2-3,6-7,12,16H,4-5,8-11H2,1H3. The number of fused-ring (bicyclic) bond motifs is 1. The van der Waals surface area contributed by atoms with E-state index in [9.17, 15) is 0 Å². The monoisotopic (exact) mass is 243 g/mol. The van der Waals surface area contributed by atoms with E-state index in [1.165, 1.54) is 42.4 Å². The summed E-state index contributed by atoms with van der Waals surface area (Å²) in [4.78, 5) is 3.35. The van der Waals surface area contributed by atoms with E-state index in [1.54, 1.807) is 0 Å². The first kappa shape index (κ1) is 11.8. The minimum atomic E-state index is 1.10. The van der Waals surface area contributed by atoms with Gasteiger partial charge in [0.05, 0.1) is 0 Å². The average Bonchev–Trinajstić information content (AvgIpc) is 3.06. The number of para-hydroxylation sites is 1. The summed E-state index contributed by atoms with van der Waals surface area (Å²) in [6, 6.07) is 8.54. The molecule has 2 heterocycles. The quantitative estimate of drug-likeness (QED) is 0.892. The second-order valence-corrected chi connectivity index (χ2v) is 5.15. The van der Waals surface area contributed by atoms with E-state index >= 15 is 0 Å². The molecule has 1 saturated heterocycles. The number of likely N-dealkylation sites (N-methyl/N-ethyl adjacent to an activating group) is 1. The molecule has 0 radical (unpaired) electrons. The molecule has 1 aliphatic heterocycles. The summed E-state index contributed by atoms with van der Waals surface area (Å²) in [6.45, 7) is 3.55. The number of aromatic amines is 1. The van der Waals surface area contributed by atoms with Gasteiger partial charge in [0.2, 0.25) is 0 Å². The Morgan fingerprint density at radius 1 is 1.22 bits per heavy atom. The number of benzene rings is 1. The number of hydrazine groups is 1. The highest BCUT2D eigenvalue weighted by Gasteiger charge is 2.16. The molecule has 18 heavy (non-hydrogen) atoms. The fourth-order valence-electron chi connectivity index (χ4n) is 2.80. The zero-order chi connectivity index (χ0) is 12.4. The summed E-state index contributed by atoms with van der Waals surface area (Å²) in [5.74, 6) is 0. The Labute approximate surface area is 108 Å². The van der Waals surface area contributed by atoms with Gasteiger partial charge in [-0.25, -0.2) is 10.0 Å². The van der Waals surface area contributed by atoms with Crippen molar-refractivity contribution >= 4 is 10.9 Å². The number of nitrogens with one attached hydrogen (secondary N) is 1. The Hall–Kier alpha value is -1.32. The maximum atomic E-state index is 3.35. The molecule has 0 aliphatic carbocycles. The molecule has 1 fully saturated rings. The molecular weight excluding hydrogens is 222 g/mol. The van der Waals surface area contributed by atoms with Crippen molar-refractivity contribution in [3.8, 4) is 0 Å². The van der Waals surface area contributed by atoms with Crippen LogP contribution in [0, 0.1) is 0 Å². The highest BCUT2D eigenvalue weighted by atomic mass is 15.6. The molecule has 0 bridgehead atoms. The summed E-state index contributed by atoms with van der Waals surface area (Å²) < 4.78 is 0. The van der Waals surface area contributed by atoms with Crippen LogP contribution in [0.3, 0.4) is 0 Å². The Morgan fingerprint density at radius 3 is 2.83 bits per heavy atom. The Bertz CT molecular complexity index is 511. The number of aromatic nitrogens is 1. The molecule has 1 aliphatic rings. The SMILES string of the molecule is CN(CCc1c[nH]c2ccccc12)N1CCCC1. The Kier molecular flexibility index (Phi) is 3.35. The maximum Gasteiger partial charge on any atom is 0.0456 e. The number of rotatable bonds is 4. The zero-order valence-corrected chi connectivity index (χ0v) is 11.0. The molecule has 1 aromatic carbocycles. The van der Waals surface area contributed by atoms with Crippen molar-refractivity contribution in [2.75, 3.05) is 26.7 Å². The van der Waals surface area contributed by atoms with Crippen molar-refractivity contribution in [1.82, 2.24) is 15.0 Å². The molecule has 0 spiro atoms. The molecule has 3 nitrogen and oxygen atoms in total. The second-order valence-electron chi connectivity index (χ2n) is 5.15. The van der Waals surface area contributed by atoms with Crippen molar-refractivity contribution in [3.63, 3.8) is 0 Å². The molecule has 0 atom stereocenters. The first-order valence-corrected chi connectivity index (χ1v) is 6.85. The molecule has 0 unspecified atom stereocenters. The van der Waals surface area contributed by atoms with Crippen LogP contribution in [0.4, 0.5) is 0 Å². The van der Waals surface area contributed by atoms with E-state index < -0.39 is 0 Å². The molecule has 1 aromatic heterocycles. The van der Waals surface area contributed by atoms with E-state index in [2.05, 4.69) is 52.5 Å². The van der Waals surface area contributed by atoms with Crippen LogP contribution in [0.2, 0.25) is 0 Å². The summed E-state index contributed by atoms with van der Waals surface area (Å²) in [7, 11) is 2.21. The average molecular weight is 243 g/mol. The summed E-state index contributed by atoms with van der Waals surface area (Å²) in [6.07, 6.45) is 5.95. The van der Waals surface area contributed by atoms with Gasteiger partial charge in [0.15, 0.2) is 0 Å². The number of nitrogens with zero attached hydrogens (tertiary/aromatic N) is 2. The predicted molar refractivity (Wildman–Crippen MR) is 75.4 cm³/mol. The third-order valence-electron chi connectivity index (χ3n) is 3.94. The lowest BCUT2D eigenvalue weighted by atomic mass is 10.1. The first-order chi connectivity index (χ1) is 8.84. The minimum absolute atomic E-state index is 1.10. The van der Waals surface area contributed by atoms with E-state index in [0.29, 0.717) is 0 Å². The summed E-state index contributed by atoms with van der Waals surface area (Å²) in [5.41, 5.74) is 2.67. The lowest BCUT2D eigenvalue weighted by molar-refractivity contribution is 0.0259. The Morgan fingerprint density at radius 2 is 2.00 bits per heavy atom. The molecule has 0 amide bonds. The highest BCUT2D eigenvalue weighted by molar-refractivity contribution is 5.83. The topological polar surface area (TPSA) is 22.3 Å². The molecule has 3 heteroatoms. The zero-order valence-electron chi connectivity index (χ0n) is 11.0. The highest BCUT2D eigenvalue weighted by Crippen LogP contribution is 2.18. The van der Waals surface area contributed by atoms with E-state index in [4.69, 9.17) is 0 Å². The van der Waals surface area contributed by atoms with Gasteiger partial charge < -0.3 is 4.98 Å².